The molecule has 0 unspecified atom stereocenters. The van der Waals surface area contributed by atoms with Crippen molar-refractivity contribution >= 4 is 0 Å². The highest BCUT2D eigenvalue weighted by atomic mass is 16.1. The molecule has 2 aromatic heterocycles. The van der Waals surface area contributed by atoms with Gasteiger partial charge in [0.1, 0.15) is 12.0 Å². The molecule has 0 saturated heterocycles. The SMILES string of the molecule is Cc1nc(-c2ccncn2)[nH]c(=O)c1C(C)C. The van der Waals surface area contributed by atoms with Crippen LogP contribution >= 0.6 is 0 Å². The van der Waals surface area contributed by atoms with Crippen LogP contribution in [0.4, 0.5) is 0 Å². The third-order valence-electron chi connectivity index (χ3n) is 2.55. The van der Waals surface area contributed by atoms with Crippen LogP contribution in [0, 0.1) is 6.92 Å². The topological polar surface area (TPSA) is 71.5 Å². The number of aryl methyl sites for hydroxylation is 1. The molecule has 1 N–H and O–H groups in total. The quantitative estimate of drug-likeness (QED) is 0.851. The van der Waals surface area contributed by atoms with E-state index in [2.05, 4.69) is 19.9 Å². The van der Waals surface area contributed by atoms with E-state index in [0.717, 1.165) is 11.3 Å². The molecule has 0 bridgehead atoms. The smallest absolute Gasteiger partial charge is 0.254 e. The standard InChI is InChI=1S/C12H14N4O/c1-7(2)10-8(3)15-11(16-12(10)17)9-4-5-13-6-14-9/h4-7H,1-3H3,(H,15,16,17). The van der Waals surface area contributed by atoms with Gasteiger partial charge in [-0.3, -0.25) is 4.79 Å². The Kier molecular flexibility index (Phi) is 2.99. The fraction of sp³-hybridized carbons (Fsp3) is 0.333. The van der Waals surface area contributed by atoms with Crippen LogP contribution in [0.15, 0.2) is 23.4 Å². The number of rotatable bonds is 2. The second-order valence-electron chi connectivity index (χ2n) is 4.16. The maximum absolute atomic E-state index is 11.9. The van der Waals surface area contributed by atoms with Crippen molar-refractivity contribution in [3.05, 3.63) is 40.2 Å². The number of nitrogens with zero attached hydrogens (tertiary/aromatic N) is 3. The predicted molar refractivity (Wildman–Crippen MR) is 64.7 cm³/mol. The van der Waals surface area contributed by atoms with Crippen LogP contribution in [0.5, 0.6) is 0 Å². The maximum atomic E-state index is 11.9. The highest BCUT2D eigenvalue weighted by Crippen LogP contribution is 2.15. The first-order valence-corrected chi connectivity index (χ1v) is 5.46. The molecule has 0 spiro atoms. The van der Waals surface area contributed by atoms with E-state index in [1.807, 2.05) is 20.8 Å². The number of H-pyrrole nitrogens is 1. The van der Waals surface area contributed by atoms with Crippen molar-refractivity contribution in [2.75, 3.05) is 0 Å². The fourth-order valence-corrected chi connectivity index (χ4v) is 1.83. The van der Waals surface area contributed by atoms with Crippen LogP contribution in [0.1, 0.15) is 31.0 Å². The zero-order valence-electron chi connectivity index (χ0n) is 10.1. The molecule has 0 aliphatic heterocycles. The van der Waals surface area contributed by atoms with Gasteiger partial charge in [0.05, 0.1) is 0 Å². The summed E-state index contributed by atoms with van der Waals surface area (Å²) in [4.78, 5) is 27.0. The number of hydrogen-bond acceptors (Lipinski definition) is 4. The summed E-state index contributed by atoms with van der Waals surface area (Å²) < 4.78 is 0. The second-order valence-corrected chi connectivity index (χ2v) is 4.16. The Labute approximate surface area is 99.0 Å². The minimum absolute atomic E-state index is 0.0962. The lowest BCUT2D eigenvalue weighted by atomic mass is 10.0. The van der Waals surface area contributed by atoms with Gasteiger partial charge in [0.15, 0.2) is 5.82 Å². The van der Waals surface area contributed by atoms with Gasteiger partial charge in [0, 0.05) is 17.5 Å². The molecule has 5 nitrogen and oxygen atoms in total. The Morgan fingerprint density at radius 1 is 1.35 bits per heavy atom. The van der Waals surface area contributed by atoms with Gasteiger partial charge in [-0.2, -0.15) is 0 Å². The van der Waals surface area contributed by atoms with Crippen LogP contribution in [-0.2, 0) is 0 Å². The highest BCUT2D eigenvalue weighted by molar-refractivity contribution is 5.48. The molecular formula is C12H14N4O. The second kappa shape index (κ2) is 4.45. The first-order valence-electron chi connectivity index (χ1n) is 5.46. The van der Waals surface area contributed by atoms with Gasteiger partial charge in [0.2, 0.25) is 0 Å². The van der Waals surface area contributed by atoms with Crippen molar-refractivity contribution in [2.24, 2.45) is 0 Å². The normalized spacial score (nSPS) is 10.8. The minimum atomic E-state index is -0.0962. The van der Waals surface area contributed by atoms with Crippen molar-refractivity contribution in [1.29, 1.82) is 0 Å². The zero-order valence-corrected chi connectivity index (χ0v) is 10.1. The van der Waals surface area contributed by atoms with E-state index in [4.69, 9.17) is 0 Å². The summed E-state index contributed by atoms with van der Waals surface area (Å²) >= 11 is 0. The van der Waals surface area contributed by atoms with Gasteiger partial charge in [-0.05, 0) is 18.9 Å². The van der Waals surface area contributed by atoms with Crippen molar-refractivity contribution in [1.82, 2.24) is 19.9 Å². The first kappa shape index (κ1) is 11.4. The van der Waals surface area contributed by atoms with Crippen molar-refractivity contribution < 1.29 is 0 Å². The van der Waals surface area contributed by atoms with Crippen LogP contribution in [0.25, 0.3) is 11.5 Å². The van der Waals surface area contributed by atoms with E-state index >= 15 is 0 Å². The molecule has 2 rings (SSSR count). The van der Waals surface area contributed by atoms with E-state index in [9.17, 15) is 4.79 Å². The van der Waals surface area contributed by atoms with Gasteiger partial charge in [0.25, 0.3) is 5.56 Å². The van der Waals surface area contributed by atoms with Crippen molar-refractivity contribution in [3.8, 4) is 11.5 Å². The molecule has 0 aromatic carbocycles. The molecule has 0 atom stereocenters. The van der Waals surface area contributed by atoms with Crippen LogP contribution in [0.3, 0.4) is 0 Å². The lowest BCUT2D eigenvalue weighted by molar-refractivity contribution is 0.813. The average molecular weight is 230 g/mol. The van der Waals surface area contributed by atoms with E-state index in [1.165, 1.54) is 6.33 Å². The Hall–Kier alpha value is -2.04. The van der Waals surface area contributed by atoms with E-state index in [1.54, 1.807) is 12.3 Å². The Bertz CT molecular complexity index is 575. The molecule has 5 heteroatoms. The lowest BCUT2D eigenvalue weighted by Crippen LogP contribution is -2.18. The minimum Gasteiger partial charge on any atom is -0.305 e. The number of aromatic amines is 1. The molecule has 2 heterocycles. The van der Waals surface area contributed by atoms with Gasteiger partial charge >= 0.3 is 0 Å². The van der Waals surface area contributed by atoms with Gasteiger partial charge in [-0.15, -0.1) is 0 Å². The van der Waals surface area contributed by atoms with E-state index < -0.39 is 0 Å². The molecule has 0 amide bonds. The zero-order chi connectivity index (χ0) is 12.4. The van der Waals surface area contributed by atoms with Crippen LogP contribution < -0.4 is 5.56 Å². The summed E-state index contributed by atoms with van der Waals surface area (Å²) in [6, 6.07) is 1.72. The average Bonchev–Trinajstić information content (AvgIpc) is 2.28. The van der Waals surface area contributed by atoms with Crippen molar-refractivity contribution in [3.63, 3.8) is 0 Å². The van der Waals surface area contributed by atoms with E-state index in [0.29, 0.717) is 11.5 Å². The Morgan fingerprint density at radius 2 is 2.12 bits per heavy atom. The third kappa shape index (κ3) is 2.22. The first-order chi connectivity index (χ1) is 8.09. The summed E-state index contributed by atoms with van der Waals surface area (Å²) in [5, 5.41) is 0. The van der Waals surface area contributed by atoms with Crippen LogP contribution in [-0.4, -0.2) is 19.9 Å². The van der Waals surface area contributed by atoms with E-state index in [-0.39, 0.29) is 11.5 Å². The number of aromatic nitrogens is 4. The molecule has 0 radical (unpaired) electrons. The molecule has 88 valence electrons. The molecule has 0 fully saturated rings. The van der Waals surface area contributed by atoms with Gasteiger partial charge in [-0.1, -0.05) is 13.8 Å². The summed E-state index contributed by atoms with van der Waals surface area (Å²) in [5.41, 5.74) is 2.00. The molecule has 0 saturated carbocycles. The largest absolute Gasteiger partial charge is 0.305 e. The monoisotopic (exact) mass is 230 g/mol. The highest BCUT2D eigenvalue weighted by Gasteiger charge is 2.12. The summed E-state index contributed by atoms with van der Waals surface area (Å²) in [6.07, 6.45) is 3.05. The van der Waals surface area contributed by atoms with Gasteiger partial charge in [-0.25, -0.2) is 15.0 Å². The summed E-state index contributed by atoms with van der Waals surface area (Å²) in [5.74, 6) is 0.644. The summed E-state index contributed by atoms with van der Waals surface area (Å²) in [6.45, 7) is 5.79. The molecule has 2 aromatic rings. The Balaban J connectivity index is 2.58. The lowest BCUT2D eigenvalue weighted by Gasteiger charge is -2.09. The third-order valence-corrected chi connectivity index (χ3v) is 2.55. The number of nitrogens with one attached hydrogen (secondary N) is 1. The number of hydrogen-bond donors (Lipinski definition) is 1. The van der Waals surface area contributed by atoms with Gasteiger partial charge < -0.3 is 4.98 Å². The van der Waals surface area contributed by atoms with Crippen LogP contribution in [0.2, 0.25) is 0 Å². The fourth-order valence-electron chi connectivity index (χ4n) is 1.83. The Morgan fingerprint density at radius 3 is 2.65 bits per heavy atom. The molecule has 17 heavy (non-hydrogen) atoms. The molecule has 0 aliphatic rings. The summed E-state index contributed by atoms with van der Waals surface area (Å²) in [7, 11) is 0. The molecule has 0 aliphatic carbocycles. The molecular weight excluding hydrogens is 216 g/mol. The maximum Gasteiger partial charge on any atom is 0.254 e. The van der Waals surface area contributed by atoms with Crippen molar-refractivity contribution in [2.45, 2.75) is 26.7 Å². The predicted octanol–water partition coefficient (Wildman–Crippen LogP) is 1.66.